The molecular weight excluding hydrogens is 511 g/mol. The van der Waals surface area contributed by atoms with Gasteiger partial charge in [0.2, 0.25) is 0 Å². The number of benzene rings is 2. The predicted molar refractivity (Wildman–Crippen MR) is 153 cm³/mol. The maximum absolute atomic E-state index is 13.8. The molecule has 0 spiro atoms. The van der Waals surface area contributed by atoms with Gasteiger partial charge in [0, 0.05) is 31.5 Å². The molecule has 1 N–H and O–H groups in total. The summed E-state index contributed by atoms with van der Waals surface area (Å²) in [4.78, 5) is 17.3. The summed E-state index contributed by atoms with van der Waals surface area (Å²) in [6.45, 7) is 6.19. The number of hydrogen-bond donors (Lipinski definition) is 1. The Morgan fingerprint density at radius 2 is 1.73 bits per heavy atom. The van der Waals surface area contributed by atoms with Gasteiger partial charge in [-0.1, -0.05) is 62.4 Å². The second-order valence-corrected chi connectivity index (χ2v) is 10.8. The van der Waals surface area contributed by atoms with Crippen molar-refractivity contribution in [2.45, 2.75) is 58.2 Å². The Bertz CT molecular complexity index is 1330. The number of hydrogen-bond acceptors (Lipinski definition) is 3. The molecule has 2 aromatic rings. The van der Waals surface area contributed by atoms with Gasteiger partial charge in [-0.05, 0) is 78.5 Å². The fourth-order valence-electron chi connectivity index (χ4n) is 6.04. The number of carbonyl (C=O) groups is 1. The maximum Gasteiger partial charge on any atom is 0.418 e. The molecule has 3 aliphatic heterocycles. The molecule has 1 amide bonds. The lowest BCUT2D eigenvalue weighted by molar-refractivity contribution is -0.119. The second kappa shape index (κ2) is 11.8. The highest BCUT2D eigenvalue weighted by Gasteiger charge is 2.41. The van der Waals surface area contributed by atoms with Crippen LogP contribution in [0.4, 0.5) is 18.9 Å². The summed E-state index contributed by atoms with van der Waals surface area (Å²) in [5, 5.41) is 2.98. The standard InChI is InChI=1S/C33H36F3N3O/c1-3-28-23(2)11-16-30-29(33(34,35)36)10-7-19-39(30)31(28)32(40)37-22-24-12-14-27(15-13-24)38-20-17-26(18-21-38)25-8-5-4-6-9-25/h4-10,12-16,19,23,26H,3,11,17-18,20-22H2,1-2H3,(H,37,40). The minimum absolute atomic E-state index is 0.0239. The topological polar surface area (TPSA) is 35.6 Å². The third-order valence-electron chi connectivity index (χ3n) is 8.26. The molecule has 7 heteroatoms. The number of anilines is 1. The van der Waals surface area contributed by atoms with Crippen LogP contribution in [-0.4, -0.2) is 30.1 Å². The van der Waals surface area contributed by atoms with E-state index in [0.717, 1.165) is 48.8 Å². The molecule has 1 saturated heterocycles. The smallest absolute Gasteiger partial charge is 0.371 e. The average Bonchev–Trinajstić information content (AvgIpc) is 3.12. The molecule has 1 unspecified atom stereocenters. The van der Waals surface area contributed by atoms with E-state index >= 15 is 0 Å². The molecule has 0 radical (unpaired) electrons. The third kappa shape index (κ3) is 5.88. The lowest BCUT2D eigenvalue weighted by Crippen LogP contribution is -2.35. The monoisotopic (exact) mass is 547 g/mol. The SMILES string of the molecule is CCC1=C(C(=O)NCc2ccc(N3CCC(c4ccccc4)CC3)cc2)N2C=CC=C(C(F)(F)F)C2=CCC1C. The number of rotatable bonds is 6. The quantitative estimate of drug-likeness (QED) is 0.405. The van der Waals surface area contributed by atoms with E-state index in [1.165, 1.54) is 16.5 Å². The van der Waals surface area contributed by atoms with Crippen molar-refractivity contribution in [3.05, 3.63) is 113 Å². The average molecular weight is 548 g/mol. The van der Waals surface area contributed by atoms with E-state index in [9.17, 15) is 18.0 Å². The third-order valence-corrected chi connectivity index (χ3v) is 8.26. The molecule has 2 aromatic carbocycles. The molecule has 1 fully saturated rings. The van der Waals surface area contributed by atoms with Crippen molar-refractivity contribution in [1.82, 2.24) is 10.2 Å². The van der Waals surface area contributed by atoms with Crippen molar-refractivity contribution in [2.24, 2.45) is 5.92 Å². The molecule has 210 valence electrons. The number of amides is 1. The van der Waals surface area contributed by atoms with Crippen LogP contribution in [0.25, 0.3) is 0 Å². The van der Waals surface area contributed by atoms with Crippen molar-refractivity contribution < 1.29 is 18.0 Å². The molecule has 4 nitrogen and oxygen atoms in total. The number of piperidine rings is 1. The van der Waals surface area contributed by atoms with Crippen LogP contribution >= 0.6 is 0 Å². The highest BCUT2D eigenvalue weighted by molar-refractivity contribution is 5.94. The Morgan fingerprint density at radius 3 is 2.38 bits per heavy atom. The van der Waals surface area contributed by atoms with E-state index < -0.39 is 11.7 Å². The first-order valence-electron chi connectivity index (χ1n) is 14.1. The molecule has 0 aliphatic carbocycles. The summed E-state index contributed by atoms with van der Waals surface area (Å²) in [5.74, 6) is 0.183. The zero-order valence-electron chi connectivity index (χ0n) is 23.0. The van der Waals surface area contributed by atoms with Gasteiger partial charge in [-0.25, -0.2) is 0 Å². The summed E-state index contributed by atoms with van der Waals surface area (Å²) in [5.41, 5.74) is 3.95. The van der Waals surface area contributed by atoms with E-state index in [2.05, 4.69) is 52.7 Å². The minimum Gasteiger partial charge on any atom is -0.371 e. The Hall–Kier alpha value is -3.74. The largest absolute Gasteiger partial charge is 0.418 e. The molecular formula is C33H36F3N3O. The van der Waals surface area contributed by atoms with Gasteiger partial charge in [0.1, 0.15) is 5.70 Å². The lowest BCUT2D eigenvalue weighted by atomic mass is 9.89. The first-order chi connectivity index (χ1) is 19.3. The van der Waals surface area contributed by atoms with Crippen LogP contribution in [0.15, 0.2) is 102 Å². The van der Waals surface area contributed by atoms with Crippen molar-refractivity contribution in [3.63, 3.8) is 0 Å². The molecule has 0 bridgehead atoms. The fraction of sp³-hybridized carbons (Fsp3) is 0.364. The minimum atomic E-state index is -4.51. The normalized spacial score (nSPS) is 20.1. The van der Waals surface area contributed by atoms with E-state index in [1.807, 2.05) is 26.0 Å². The van der Waals surface area contributed by atoms with Gasteiger partial charge in [-0.2, -0.15) is 13.2 Å². The van der Waals surface area contributed by atoms with E-state index in [-0.39, 0.29) is 17.5 Å². The number of alkyl halides is 3. The van der Waals surface area contributed by atoms with E-state index in [0.29, 0.717) is 31.0 Å². The van der Waals surface area contributed by atoms with Gasteiger partial charge in [0.05, 0.1) is 11.3 Å². The summed E-state index contributed by atoms with van der Waals surface area (Å²) in [6, 6.07) is 18.9. The highest BCUT2D eigenvalue weighted by Crippen LogP contribution is 2.41. The Balaban J connectivity index is 1.25. The van der Waals surface area contributed by atoms with Gasteiger partial charge < -0.3 is 15.1 Å². The zero-order valence-corrected chi connectivity index (χ0v) is 23.0. The molecule has 0 saturated carbocycles. The molecule has 3 aliphatic rings. The summed E-state index contributed by atoms with van der Waals surface area (Å²) in [6.07, 6.45) is 4.33. The maximum atomic E-state index is 13.8. The molecule has 5 rings (SSSR count). The van der Waals surface area contributed by atoms with Crippen LogP contribution in [0.5, 0.6) is 0 Å². The lowest BCUT2D eigenvalue weighted by Gasteiger charge is -2.34. The van der Waals surface area contributed by atoms with Crippen molar-refractivity contribution in [3.8, 4) is 0 Å². The first kappa shape index (κ1) is 27.8. The van der Waals surface area contributed by atoms with Crippen LogP contribution in [0, 0.1) is 5.92 Å². The van der Waals surface area contributed by atoms with Crippen molar-refractivity contribution in [2.75, 3.05) is 18.0 Å². The van der Waals surface area contributed by atoms with Gasteiger partial charge >= 0.3 is 6.18 Å². The molecule has 0 aromatic heterocycles. The summed E-state index contributed by atoms with van der Waals surface area (Å²) < 4.78 is 41.4. The summed E-state index contributed by atoms with van der Waals surface area (Å²) in [7, 11) is 0. The zero-order chi connectivity index (χ0) is 28.3. The molecule has 40 heavy (non-hydrogen) atoms. The highest BCUT2D eigenvalue weighted by atomic mass is 19.4. The number of nitrogens with zero attached hydrogens (tertiary/aromatic N) is 2. The van der Waals surface area contributed by atoms with Gasteiger partial charge in [-0.15, -0.1) is 0 Å². The van der Waals surface area contributed by atoms with Crippen LogP contribution in [-0.2, 0) is 11.3 Å². The van der Waals surface area contributed by atoms with Crippen molar-refractivity contribution >= 4 is 11.6 Å². The van der Waals surface area contributed by atoms with Crippen LogP contribution in [0.3, 0.4) is 0 Å². The fourth-order valence-corrected chi connectivity index (χ4v) is 6.04. The number of nitrogens with one attached hydrogen (secondary N) is 1. The van der Waals surface area contributed by atoms with Gasteiger partial charge in [-0.3, -0.25) is 4.79 Å². The second-order valence-electron chi connectivity index (χ2n) is 10.8. The van der Waals surface area contributed by atoms with Gasteiger partial charge in [0.15, 0.2) is 0 Å². The summed E-state index contributed by atoms with van der Waals surface area (Å²) >= 11 is 0. The van der Waals surface area contributed by atoms with Crippen LogP contribution in [0.2, 0.25) is 0 Å². The molecule has 1 atom stereocenters. The van der Waals surface area contributed by atoms with E-state index in [4.69, 9.17) is 0 Å². The Morgan fingerprint density at radius 1 is 1.02 bits per heavy atom. The Kier molecular flexibility index (Phi) is 8.19. The van der Waals surface area contributed by atoms with Crippen molar-refractivity contribution in [1.29, 1.82) is 0 Å². The molecule has 3 heterocycles. The predicted octanol–water partition coefficient (Wildman–Crippen LogP) is 7.59. The number of allylic oxidation sites excluding steroid dienone is 5. The van der Waals surface area contributed by atoms with Crippen LogP contribution < -0.4 is 10.2 Å². The van der Waals surface area contributed by atoms with Crippen LogP contribution in [0.1, 0.15) is 56.6 Å². The Labute approximate surface area is 234 Å². The number of fused-ring (bicyclic) bond motifs is 1. The number of carbonyl (C=O) groups excluding carboxylic acids is 1. The first-order valence-corrected chi connectivity index (χ1v) is 14.1. The van der Waals surface area contributed by atoms with E-state index in [1.54, 1.807) is 12.3 Å². The van der Waals surface area contributed by atoms with Gasteiger partial charge in [0.25, 0.3) is 5.91 Å². The number of halogens is 3.